The minimum atomic E-state index is 1.03. The van der Waals surface area contributed by atoms with E-state index in [1.54, 1.807) is 0 Å². The Morgan fingerprint density at radius 3 is 2.30 bits per heavy atom. The molecule has 0 unspecified atom stereocenters. The molecule has 4 rings (SSSR count). The van der Waals surface area contributed by atoms with Gasteiger partial charge < -0.3 is 0 Å². The Morgan fingerprint density at radius 2 is 1.48 bits per heavy atom. The predicted molar refractivity (Wildman–Crippen MR) is 97.5 cm³/mol. The lowest BCUT2D eigenvalue weighted by Crippen LogP contribution is -2.03. The Hall–Kier alpha value is -2.61. The molecule has 0 aliphatic heterocycles. The second-order valence-corrected chi connectivity index (χ2v) is 6.40. The highest BCUT2D eigenvalue weighted by molar-refractivity contribution is 6.09. The van der Waals surface area contributed by atoms with E-state index in [1.807, 2.05) is 0 Å². The van der Waals surface area contributed by atoms with Gasteiger partial charge in [-0.25, -0.2) is 4.98 Å². The molecule has 114 valence electrons. The number of pyridine rings is 1. The maximum atomic E-state index is 4.90. The van der Waals surface area contributed by atoms with Crippen LogP contribution in [0.15, 0.2) is 48.5 Å². The van der Waals surface area contributed by atoms with Crippen molar-refractivity contribution in [2.24, 2.45) is 0 Å². The fraction of sp³-hybridized carbons (Fsp3) is 0.190. The molecule has 2 heteroatoms. The monoisotopic (exact) mass is 300 g/mol. The van der Waals surface area contributed by atoms with E-state index in [9.17, 15) is 0 Å². The second kappa shape index (κ2) is 4.95. The first-order chi connectivity index (χ1) is 11.1. The van der Waals surface area contributed by atoms with Crippen LogP contribution in [0, 0.1) is 27.7 Å². The third-order valence-electron chi connectivity index (χ3n) is 4.67. The number of hydrogen-bond acceptors (Lipinski definition) is 1. The van der Waals surface area contributed by atoms with Crippen molar-refractivity contribution in [2.45, 2.75) is 27.7 Å². The van der Waals surface area contributed by atoms with Crippen LogP contribution in [-0.2, 0) is 0 Å². The Labute approximate surface area is 136 Å². The standard InChI is InChI=1S/C21H20N2/c1-13-9-10-20-18(11-13)17-7-5-6-8-19(17)23(20)21-15(3)12-14(2)16(4)22-21/h5-12H,1-4H3. The van der Waals surface area contributed by atoms with Crippen molar-refractivity contribution in [2.75, 3.05) is 0 Å². The molecular weight excluding hydrogens is 280 g/mol. The second-order valence-electron chi connectivity index (χ2n) is 6.40. The third-order valence-corrected chi connectivity index (χ3v) is 4.67. The number of hydrogen-bond donors (Lipinski definition) is 0. The SMILES string of the molecule is Cc1ccc2c(c1)c1ccccc1n2-c1nc(C)c(C)cc1C. The first-order valence-corrected chi connectivity index (χ1v) is 8.01. The van der Waals surface area contributed by atoms with Crippen LogP contribution in [0.4, 0.5) is 0 Å². The van der Waals surface area contributed by atoms with Crippen molar-refractivity contribution in [1.29, 1.82) is 0 Å². The van der Waals surface area contributed by atoms with E-state index in [1.165, 1.54) is 38.5 Å². The van der Waals surface area contributed by atoms with Crippen LogP contribution in [-0.4, -0.2) is 9.55 Å². The van der Waals surface area contributed by atoms with E-state index >= 15 is 0 Å². The summed E-state index contributed by atoms with van der Waals surface area (Å²) in [5.74, 6) is 1.03. The third kappa shape index (κ3) is 2.06. The molecule has 0 spiro atoms. The lowest BCUT2D eigenvalue weighted by Gasteiger charge is -2.12. The molecule has 0 atom stereocenters. The van der Waals surface area contributed by atoms with Crippen molar-refractivity contribution in [1.82, 2.24) is 9.55 Å². The minimum absolute atomic E-state index is 1.03. The molecule has 0 aliphatic carbocycles. The molecule has 0 aliphatic rings. The lowest BCUT2D eigenvalue weighted by atomic mass is 10.1. The molecule has 0 bridgehead atoms. The van der Waals surface area contributed by atoms with Gasteiger partial charge in [-0.15, -0.1) is 0 Å². The van der Waals surface area contributed by atoms with E-state index in [0.717, 1.165) is 11.5 Å². The summed E-state index contributed by atoms with van der Waals surface area (Å²) in [6, 6.07) is 17.5. The summed E-state index contributed by atoms with van der Waals surface area (Å²) >= 11 is 0. The molecule has 0 saturated heterocycles. The topological polar surface area (TPSA) is 17.8 Å². The maximum absolute atomic E-state index is 4.90. The Balaban J connectivity index is 2.20. The average molecular weight is 300 g/mol. The number of aromatic nitrogens is 2. The van der Waals surface area contributed by atoms with Crippen molar-refractivity contribution in [3.63, 3.8) is 0 Å². The number of rotatable bonds is 1. The highest BCUT2D eigenvalue weighted by atomic mass is 15.1. The smallest absolute Gasteiger partial charge is 0.140 e. The molecule has 0 saturated carbocycles. The lowest BCUT2D eigenvalue weighted by molar-refractivity contribution is 1.01. The maximum Gasteiger partial charge on any atom is 0.140 e. The van der Waals surface area contributed by atoms with Gasteiger partial charge in [0.15, 0.2) is 0 Å². The zero-order chi connectivity index (χ0) is 16.1. The number of aryl methyl sites for hydroxylation is 4. The number of fused-ring (bicyclic) bond motifs is 3. The van der Waals surface area contributed by atoms with Gasteiger partial charge in [-0.3, -0.25) is 4.57 Å². The van der Waals surface area contributed by atoms with Crippen LogP contribution in [0.5, 0.6) is 0 Å². The number of para-hydroxylation sites is 1. The summed E-state index contributed by atoms with van der Waals surface area (Å²) in [7, 11) is 0. The molecule has 0 radical (unpaired) electrons. The van der Waals surface area contributed by atoms with Crippen LogP contribution in [0.25, 0.3) is 27.6 Å². The van der Waals surface area contributed by atoms with Gasteiger partial charge in [-0.05, 0) is 57.0 Å². The van der Waals surface area contributed by atoms with Gasteiger partial charge in [0, 0.05) is 16.5 Å². The van der Waals surface area contributed by atoms with Gasteiger partial charge in [0.05, 0.1) is 11.0 Å². The van der Waals surface area contributed by atoms with Crippen LogP contribution >= 0.6 is 0 Å². The zero-order valence-electron chi connectivity index (χ0n) is 14.0. The molecule has 0 N–H and O–H groups in total. The first kappa shape index (κ1) is 14.0. The molecule has 23 heavy (non-hydrogen) atoms. The van der Waals surface area contributed by atoms with Gasteiger partial charge in [0.1, 0.15) is 5.82 Å². The van der Waals surface area contributed by atoms with Gasteiger partial charge in [-0.1, -0.05) is 35.9 Å². The van der Waals surface area contributed by atoms with Gasteiger partial charge in [0.25, 0.3) is 0 Å². The molecular formula is C21H20N2. The summed E-state index contributed by atoms with van der Waals surface area (Å²) in [4.78, 5) is 4.90. The predicted octanol–water partition coefficient (Wildman–Crippen LogP) is 5.41. The van der Waals surface area contributed by atoms with Crippen molar-refractivity contribution < 1.29 is 0 Å². The normalized spacial score (nSPS) is 11.5. The van der Waals surface area contributed by atoms with E-state index in [4.69, 9.17) is 4.98 Å². The summed E-state index contributed by atoms with van der Waals surface area (Å²) in [6.07, 6.45) is 0. The van der Waals surface area contributed by atoms with Crippen molar-refractivity contribution in [3.05, 3.63) is 70.9 Å². The molecule has 2 aromatic carbocycles. The van der Waals surface area contributed by atoms with Crippen LogP contribution < -0.4 is 0 Å². The highest BCUT2D eigenvalue weighted by Gasteiger charge is 2.15. The van der Waals surface area contributed by atoms with E-state index in [0.29, 0.717) is 0 Å². The van der Waals surface area contributed by atoms with E-state index < -0.39 is 0 Å². The minimum Gasteiger partial charge on any atom is -0.294 e. The van der Waals surface area contributed by atoms with Gasteiger partial charge in [-0.2, -0.15) is 0 Å². The molecule has 2 nitrogen and oxygen atoms in total. The first-order valence-electron chi connectivity index (χ1n) is 8.01. The Kier molecular flexibility index (Phi) is 3.02. The molecule has 2 aromatic heterocycles. The van der Waals surface area contributed by atoms with E-state index in [2.05, 4.69) is 80.8 Å². The van der Waals surface area contributed by atoms with E-state index in [-0.39, 0.29) is 0 Å². The average Bonchev–Trinajstić information content (AvgIpc) is 2.85. The Bertz CT molecular complexity index is 1050. The highest BCUT2D eigenvalue weighted by Crippen LogP contribution is 2.33. The number of nitrogens with zero attached hydrogens (tertiary/aromatic N) is 2. The number of benzene rings is 2. The van der Waals surface area contributed by atoms with Gasteiger partial charge in [0.2, 0.25) is 0 Å². The molecule has 4 aromatic rings. The zero-order valence-corrected chi connectivity index (χ0v) is 14.0. The summed E-state index contributed by atoms with van der Waals surface area (Å²) in [5.41, 5.74) is 7.25. The van der Waals surface area contributed by atoms with Crippen molar-refractivity contribution in [3.8, 4) is 5.82 Å². The fourth-order valence-corrected chi connectivity index (χ4v) is 3.37. The quantitative estimate of drug-likeness (QED) is 0.459. The molecule has 2 heterocycles. The summed E-state index contributed by atoms with van der Waals surface area (Å²) in [5, 5.41) is 2.57. The van der Waals surface area contributed by atoms with Crippen LogP contribution in [0.1, 0.15) is 22.4 Å². The van der Waals surface area contributed by atoms with Crippen LogP contribution in [0.2, 0.25) is 0 Å². The van der Waals surface area contributed by atoms with Crippen LogP contribution in [0.3, 0.4) is 0 Å². The van der Waals surface area contributed by atoms with Crippen molar-refractivity contribution >= 4 is 21.8 Å². The van der Waals surface area contributed by atoms with Gasteiger partial charge >= 0.3 is 0 Å². The summed E-state index contributed by atoms with van der Waals surface area (Å²) in [6.45, 7) is 8.49. The molecule has 0 fully saturated rings. The molecule has 0 amide bonds. The fourth-order valence-electron chi connectivity index (χ4n) is 3.37. The summed E-state index contributed by atoms with van der Waals surface area (Å²) < 4.78 is 2.30. The largest absolute Gasteiger partial charge is 0.294 e. The Morgan fingerprint density at radius 1 is 0.739 bits per heavy atom.